The number of ether oxygens (including phenoxy) is 1. The zero-order valence-corrected chi connectivity index (χ0v) is 9.33. The van der Waals surface area contributed by atoms with Gasteiger partial charge in [0, 0.05) is 6.42 Å². The molecule has 1 heterocycles. The number of hydrogen-bond acceptors (Lipinski definition) is 1. The van der Waals surface area contributed by atoms with Gasteiger partial charge in [0.05, 0.1) is 0 Å². The van der Waals surface area contributed by atoms with Crippen molar-refractivity contribution in [3.05, 3.63) is 41.7 Å². The Labute approximate surface area is 91.8 Å². The summed E-state index contributed by atoms with van der Waals surface area (Å²) in [6.07, 6.45) is 8.13. The standard InChI is InChI=1S/C14H18O/c1-2-3-4-8-13-11-10-12-7-5-6-9-14(12)15-13/h5-7,9,11H,2-4,8,10H2,1H3. The highest BCUT2D eigenvalue weighted by Gasteiger charge is 2.10. The van der Waals surface area contributed by atoms with Gasteiger partial charge in [0.1, 0.15) is 11.5 Å². The maximum atomic E-state index is 5.84. The Hall–Kier alpha value is -1.24. The smallest absolute Gasteiger partial charge is 0.130 e. The summed E-state index contributed by atoms with van der Waals surface area (Å²) < 4.78 is 5.84. The average molecular weight is 202 g/mol. The molecule has 1 aromatic rings. The van der Waals surface area contributed by atoms with Crippen LogP contribution in [0, 0.1) is 0 Å². The van der Waals surface area contributed by atoms with Crippen LogP contribution in [0.25, 0.3) is 0 Å². The first kappa shape index (κ1) is 10.3. The van der Waals surface area contributed by atoms with Crippen molar-refractivity contribution in [2.24, 2.45) is 0 Å². The van der Waals surface area contributed by atoms with Crippen LogP contribution in [0.5, 0.6) is 5.75 Å². The third kappa shape index (κ3) is 2.62. The van der Waals surface area contributed by atoms with Crippen molar-refractivity contribution in [1.82, 2.24) is 0 Å². The van der Waals surface area contributed by atoms with E-state index in [0.29, 0.717) is 0 Å². The van der Waals surface area contributed by atoms with Crippen molar-refractivity contribution in [2.45, 2.75) is 39.0 Å². The van der Waals surface area contributed by atoms with E-state index in [4.69, 9.17) is 4.74 Å². The lowest BCUT2D eigenvalue weighted by Crippen LogP contribution is -2.04. The Kier molecular flexibility index (Phi) is 3.44. The SMILES string of the molecule is CCCCCC1=CCc2ccccc2O1. The number of allylic oxidation sites excluding steroid dienone is 2. The first-order valence-corrected chi connectivity index (χ1v) is 5.85. The van der Waals surface area contributed by atoms with Gasteiger partial charge in [-0.1, -0.05) is 38.0 Å². The van der Waals surface area contributed by atoms with Gasteiger partial charge in [-0.2, -0.15) is 0 Å². The predicted molar refractivity (Wildman–Crippen MR) is 63.0 cm³/mol. The fraction of sp³-hybridized carbons (Fsp3) is 0.429. The predicted octanol–water partition coefficient (Wildman–Crippen LogP) is 4.09. The van der Waals surface area contributed by atoms with Crippen LogP contribution in [0.3, 0.4) is 0 Å². The number of rotatable bonds is 4. The van der Waals surface area contributed by atoms with Crippen LogP contribution in [0.1, 0.15) is 38.2 Å². The summed E-state index contributed by atoms with van der Waals surface area (Å²) in [6.45, 7) is 2.23. The quantitative estimate of drug-likeness (QED) is 0.668. The molecule has 80 valence electrons. The normalized spacial score (nSPS) is 14.1. The third-order valence-corrected chi connectivity index (χ3v) is 2.79. The average Bonchev–Trinajstić information content (AvgIpc) is 2.29. The molecular formula is C14H18O. The van der Waals surface area contributed by atoms with Crippen molar-refractivity contribution < 1.29 is 4.74 Å². The lowest BCUT2D eigenvalue weighted by molar-refractivity contribution is 0.382. The van der Waals surface area contributed by atoms with Gasteiger partial charge in [-0.15, -0.1) is 0 Å². The fourth-order valence-corrected chi connectivity index (χ4v) is 1.88. The molecule has 1 aliphatic rings. The summed E-state index contributed by atoms with van der Waals surface area (Å²) in [6, 6.07) is 8.29. The maximum absolute atomic E-state index is 5.84. The van der Waals surface area contributed by atoms with Gasteiger partial charge in [-0.3, -0.25) is 0 Å². The highest BCUT2D eigenvalue weighted by molar-refractivity contribution is 5.38. The minimum Gasteiger partial charge on any atom is -0.462 e. The number of unbranched alkanes of at least 4 members (excludes halogenated alkanes) is 2. The van der Waals surface area contributed by atoms with Crippen LogP contribution in [0.15, 0.2) is 36.1 Å². The first-order chi connectivity index (χ1) is 7.40. The first-order valence-electron chi connectivity index (χ1n) is 5.85. The third-order valence-electron chi connectivity index (χ3n) is 2.79. The van der Waals surface area contributed by atoms with E-state index in [1.807, 2.05) is 6.07 Å². The molecule has 1 nitrogen and oxygen atoms in total. The molecule has 1 aromatic carbocycles. The van der Waals surface area contributed by atoms with E-state index in [2.05, 4.69) is 31.2 Å². The lowest BCUT2D eigenvalue weighted by atomic mass is 10.1. The molecule has 0 unspecified atom stereocenters. The summed E-state index contributed by atoms with van der Waals surface area (Å²) in [5, 5.41) is 0. The number of benzene rings is 1. The van der Waals surface area contributed by atoms with Crippen LogP contribution < -0.4 is 4.74 Å². The topological polar surface area (TPSA) is 9.23 Å². The summed E-state index contributed by atoms with van der Waals surface area (Å²) in [4.78, 5) is 0. The zero-order valence-electron chi connectivity index (χ0n) is 9.33. The molecule has 0 radical (unpaired) electrons. The van der Waals surface area contributed by atoms with Crippen LogP contribution in [-0.4, -0.2) is 0 Å². The molecule has 1 heteroatoms. The van der Waals surface area contributed by atoms with E-state index >= 15 is 0 Å². The van der Waals surface area contributed by atoms with E-state index in [1.165, 1.54) is 24.8 Å². The van der Waals surface area contributed by atoms with E-state index in [0.717, 1.165) is 24.4 Å². The Morgan fingerprint density at radius 1 is 1.20 bits per heavy atom. The zero-order chi connectivity index (χ0) is 10.5. The lowest BCUT2D eigenvalue weighted by Gasteiger charge is -2.17. The molecule has 0 saturated heterocycles. The second-order valence-electron chi connectivity index (χ2n) is 4.04. The molecule has 0 N–H and O–H groups in total. The second-order valence-corrected chi connectivity index (χ2v) is 4.04. The van der Waals surface area contributed by atoms with Gasteiger partial charge in [0.2, 0.25) is 0 Å². The Balaban J connectivity index is 1.94. The van der Waals surface area contributed by atoms with Gasteiger partial charge in [0.25, 0.3) is 0 Å². The van der Waals surface area contributed by atoms with Crippen LogP contribution in [-0.2, 0) is 6.42 Å². The molecule has 0 fully saturated rings. The molecule has 1 aliphatic heterocycles. The van der Waals surface area contributed by atoms with Gasteiger partial charge in [-0.25, -0.2) is 0 Å². The van der Waals surface area contributed by atoms with E-state index in [9.17, 15) is 0 Å². The monoisotopic (exact) mass is 202 g/mol. The molecule has 0 aromatic heterocycles. The highest BCUT2D eigenvalue weighted by Crippen LogP contribution is 2.27. The summed E-state index contributed by atoms with van der Waals surface area (Å²) in [7, 11) is 0. The molecule has 2 rings (SSSR count). The Morgan fingerprint density at radius 2 is 2.07 bits per heavy atom. The number of fused-ring (bicyclic) bond motifs is 1. The van der Waals surface area contributed by atoms with Crippen molar-refractivity contribution in [2.75, 3.05) is 0 Å². The minimum absolute atomic E-state index is 1.03. The molecule has 0 atom stereocenters. The number of hydrogen-bond donors (Lipinski definition) is 0. The Bertz CT molecular complexity index is 352. The molecule has 0 bridgehead atoms. The van der Waals surface area contributed by atoms with Gasteiger partial charge in [0.15, 0.2) is 0 Å². The number of para-hydroxylation sites is 1. The summed E-state index contributed by atoms with van der Waals surface area (Å²) >= 11 is 0. The van der Waals surface area contributed by atoms with Crippen molar-refractivity contribution in [3.63, 3.8) is 0 Å². The minimum atomic E-state index is 1.03. The highest BCUT2D eigenvalue weighted by atomic mass is 16.5. The van der Waals surface area contributed by atoms with E-state index < -0.39 is 0 Å². The van der Waals surface area contributed by atoms with E-state index in [1.54, 1.807) is 0 Å². The maximum Gasteiger partial charge on any atom is 0.130 e. The van der Waals surface area contributed by atoms with E-state index in [-0.39, 0.29) is 0 Å². The van der Waals surface area contributed by atoms with Crippen LogP contribution in [0.2, 0.25) is 0 Å². The molecule has 0 aliphatic carbocycles. The van der Waals surface area contributed by atoms with Crippen molar-refractivity contribution in [3.8, 4) is 5.75 Å². The van der Waals surface area contributed by atoms with Gasteiger partial charge >= 0.3 is 0 Å². The molecule has 0 amide bonds. The molecule has 0 saturated carbocycles. The molecular weight excluding hydrogens is 184 g/mol. The summed E-state index contributed by atoms with van der Waals surface area (Å²) in [5.41, 5.74) is 1.30. The van der Waals surface area contributed by atoms with Crippen LogP contribution >= 0.6 is 0 Å². The molecule has 15 heavy (non-hydrogen) atoms. The van der Waals surface area contributed by atoms with Crippen molar-refractivity contribution in [1.29, 1.82) is 0 Å². The van der Waals surface area contributed by atoms with Crippen molar-refractivity contribution >= 4 is 0 Å². The van der Waals surface area contributed by atoms with Gasteiger partial charge in [-0.05, 0) is 30.5 Å². The Morgan fingerprint density at radius 3 is 2.93 bits per heavy atom. The molecule has 0 spiro atoms. The largest absolute Gasteiger partial charge is 0.462 e. The summed E-state index contributed by atoms with van der Waals surface area (Å²) in [5.74, 6) is 2.20. The second kappa shape index (κ2) is 5.01. The fourth-order valence-electron chi connectivity index (χ4n) is 1.88. The van der Waals surface area contributed by atoms with Crippen LogP contribution in [0.4, 0.5) is 0 Å². The van der Waals surface area contributed by atoms with Gasteiger partial charge < -0.3 is 4.74 Å².